The van der Waals surface area contributed by atoms with Gasteiger partial charge in [0.1, 0.15) is 18.4 Å². The second-order valence-electron chi connectivity index (χ2n) is 6.37. The van der Waals surface area contributed by atoms with Crippen LogP contribution in [-0.4, -0.2) is 27.3 Å². The highest BCUT2D eigenvalue weighted by molar-refractivity contribution is 5.94. The summed E-state index contributed by atoms with van der Waals surface area (Å²) in [5, 5.41) is 7.09. The van der Waals surface area contributed by atoms with E-state index in [0.29, 0.717) is 18.7 Å². The molecular weight excluding hydrogens is 328 g/mol. The summed E-state index contributed by atoms with van der Waals surface area (Å²) in [4.78, 5) is 16.4. The Morgan fingerprint density at radius 1 is 1.19 bits per heavy atom. The van der Waals surface area contributed by atoms with Crippen LogP contribution in [0.2, 0.25) is 0 Å². The zero-order chi connectivity index (χ0) is 17.8. The highest BCUT2D eigenvalue weighted by Crippen LogP contribution is 2.25. The van der Waals surface area contributed by atoms with E-state index in [4.69, 9.17) is 4.74 Å². The Balaban J connectivity index is 1.40. The van der Waals surface area contributed by atoms with Gasteiger partial charge >= 0.3 is 0 Å². The van der Waals surface area contributed by atoms with E-state index in [9.17, 15) is 4.79 Å². The summed E-state index contributed by atoms with van der Waals surface area (Å²) in [5.41, 5.74) is 3.96. The van der Waals surface area contributed by atoms with Gasteiger partial charge in [0.05, 0.1) is 13.2 Å². The molecule has 0 bridgehead atoms. The number of nitrogens with zero attached hydrogens (tertiary/aromatic N) is 3. The van der Waals surface area contributed by atoms with Crippen molar-refractivity contribution in [1.29, 1.82) is 0 Å². The van der Waals surface area contributed by atoms with Crippen LogP contribution < -0.4 is 10.1 Å². The number of amides is 1. The second-order valence-corrected chi connectivity index (χ2v) is 6.37. The minimum Gasteiger partial charge on any atom is -0.493 e. The van der Waals surface area contributed by atoms with E-state index in [-0.39, 0.29) is 5.91 Å². The van der Waals surface area contributed by atoms with Crippen LogP contribution in [0.4, 0.5) is 0 Å². The summed E-state index contributed by atoms with van der Waals surface area (Å²) in [6.45, 7) is 1.87. The number of rotatable bonds is 5. The molecule has 2 heterocycles. The van der Waals surface area contributed by atoms with Crippen molar-refractivity contribution >= 4 is 5.91 Å². The van der Waals surface area contributed by atoms with Crippen LogP contribution in [0.1, 0.15) is 33.5 Å². The van der Waals surface area contributed by atoms with Crippen molar-refractivity contribution in [2.45, 2.75) is 25.9 Å². The molecule has 0 spiro atoms. The number of fused-ring (bicyclic) bond motifs is 1. The number of carbonyl (C=O) groups is 1. The van der Waals surface area contributed by atoms with E-state index in [2.05, 4.69) is 21.5 Å². The number of nitrogens with one attached hydrogen (secondary N) is 1. The Labute approximate surface area is 151 Å². The van der Waals surface area contributed by atoms with Crippen LogP contribution in [0, 0.1) is 0 Å². The van der Waals surface area contributed by atoms with E-state index in [1.807, 2.05) is 36.4 Å². The van der Waals surface area contributed by atoms with Crippen molar-refractivity contribution in [3.05, 3.63) is 77.4 Å². The van der Waals surface area contributed by atoms with Gasteiger partial charge in [-0.2, -0.15) is 5.10 Å². The first-order valence-electron chi connectivity index (χ1n) is 8.72. The average molecular weight is 348 g/mol. The maximum absolute atomic E-state index is 12.5. The largest absolute Gasteiger partial charge is 0.493 e. The molecule has 1 N–H and O–H groups in total. The highest BCUT2D eigenvalue weighted by Gasteiger charge is 2.11. The van der Waals surface area contributed by atoms with Crippen molar-refractivity contribution < 1.29 is 9.53 Å². The first-order valence-corrected chi connectivity index (χ1v) is 8.72. The lowest BCUT2D eigenvalue weighted by Crippen LogP contribution is -2.23. The predicted octanol–water partition coefficient (Wildman–Crippen LogP) is 2.58. The van der Waals surface area contributed by atoms with Crippen LogP contribution in [-0.2, 0) is 19.5 Å². The van der Waals surface area contributed by atoms with Crippen molar-refractivity contribution in [2.75, 3.05) is 6.61 Å². The Kier molecular flexibility index (Phi) is 4.64. The zero-order valence-electron chi connectivity index (χ0n) is 14.4. The van der Waals surface area contributed by atoms with Crippen LogP contribution in [0.3, 0.4) is 0 Å². The van der Waals surface area contributed by atoms with Gasteiger partial charge in [0.2, 0.25) is 0 Å². The molecule has 3 aromatic rings. The summed E-state index contributed by atoms with van der Waals surface area (Å²) in [6.07, 6.45) is 5.23. The molecule has 0 atom stereocenters. The normalized spacial score (nSPS) is 12.9. The van der Waals surface area contributed by atoms with Crippen molar-refractivity contribution in [3.63, 3.8) is 0 Å². The summed E-state index contributed by atoms with van der Waals surface area (Å²) < 4.78 is 7.36. The molecular formula is C20H20N4O2. The fourth-order valence-electron chi connectivity index (χ4n) is 3.12. The van der Waals surface area contributed by atoms with Gasteiger partial charge in [-0.1, -0.05) is 24.3 Å². The molecule has 1 aromatic heterocycles. The molecule has 0 aliphatic carbocycles. The number of carbonyl (C=O) groups excluding carboxylic acids is 1. The molecule has 1 aliphatic rings. The van der Waals surface area contributed by atoms with Gasteiger partial charge < -0.3 is 10.1 Å². The van der Waals surface area contributed by atoms with E-state index in [1.54, 1.807) is 11.0 Å². The van der Waals surface area contributed by atoms with Gasteiger partial charge in [-0.3, -0.25) is 4.79 Å². The molecule has 26 heavy (non-hydrogen) atoms. The quantitative estimate of drug-likeness (QED) is 0.769. The SMILES string of the molecule is O=C(NCc1ccc2c(c1)CCCO2)c1cccc(Cn2cncn2)c1. The van der Waals surface area contributed by atoms with E-state index < -0.39 is 0 Å². The standard InChI is InChI=1S/C20H20N4O2/c25-20(18-4-1-3-16(10-18)12-24-14-21-13-23-24)22-11-15-6-7-19-17(9-15)5-2-8-26-19/h1,3-4,6-7,9-10,13-14H,2,5,8,11-12H2,(H,22,25). The smallest absolute Gasteiger partial charge is 0.251 e. The first kappa shape index (κ1) is 16.3. The van der Waals surface area contributed by atoms with Crippen LogP contribution in [0.25, 0.3) is 0 Å². The van der Waals surface area contributed by atoms with Crippen molar-refractivity contribution in [2.24, 2.45) is 0 Å². The number of benzene rings is 2. The highest BCUT2D eigenvalue weighted by atomic mass is 16.5. The van der Waals surface area contributed by atoms with Gasteiger partial charge in [0.15, 0.2) is 0 Å². The number of hydrogen-bond donors (Lipinski definition) is 1. The number of ether oxygens (including phenoxy) is 1. The summed E-state index contributed by atoms with van der Waals surface area (Å²) in [5.74, 6) is 0.881. The molecule has 0 unspecified atom stereocenters. The Morgan fingerprint density at radius 3 is 3.04 bits per heavy atom. The summed E-state index contributed by atoms with van der Waals surface area (Å²) in [6, 6.07) is 13.7. The van der Waals surface area contributed by atoms with Crippen LogP contribution in [0.15, 0.2) is 55.1 Å². The number of hydrogen-bond acceptors (Lipinski definition) is 4. The third kappa shape index (κ3) is 3.74. The molecule has 1 aliphatic heterocycles. The molecule has 4 rings (SSSR count). The van der Waals surface area contributed by atoms with E-state index >= 15 is 0 Å². The fraction of sp³-hybridized carbons (Fsp3) is 0.250. The molecule has 0 saturated heterocycles. The Bertz CT molecular complexity index is 906. The predicted molar refractivity (Wildman–Crippen MR) is 97.0 cm³/mol. The third-order valence-electron chi connectivity index (χ3n) is 4.43. The minimum absolute atomic E-state index is 0.0839. The average Bonchev–Trinajstić information content (AvgIpc) is 3.19. The molecule has 132 valence electrons. The maximum atomic E-state index is 12.5. The summed E-state index contributed by atoms with van der Waals surface area (Å²) >= 11 is 0. The van der Waals surface area contributed by atoms with E-state index in [1.165, 1.54) is 11.9 Å². The molecule has 0 saturated carbocycles. The van der Waals surface area contributed by atoms with Crippen LogP contribution in [0.5, 0.6) is 5.75 Å². The zero-order valence-corrected chi connectivity index (χ0v) is 14.4. The lowest BCUT2D eigenvalue weighted by molar-refractivity contribution is 0.0951. The van der Waals surface area contributed by atoms with Crippen molar-refractivity contribution in [3.8, 4) is 5.75 Å². The van der Waals surface area contributed by atoms with Gasteiger partial charge in [-0.15, -0.1) is 0 Å². The summed E-state index contributed by atoms with van der Waals surface area (Å²) in [7, 11) is 0. The lowest BCUT2D eigenvalue weighted by atomic mass is 10.0. The monoisotopic (exact) mass is 348 g/mol. The van der Waals surface area contributed by atoms with E-state index in [0.717, 1.165) is 36.3 Å². The minimum atomic E-state index is -0.0839. The Morgan fingerprint density at radius 2 is 2.15 bits per heavy atom. The second kappa shape index (κ2) is 7.39. The first-order chi connectivity index (χ1) is 12.8. The lowest BCUT2D eigenvalue weighted by Gasteiger charge is -2.18. The maximum Gasteiger partial charge on any atom is 0.251 e. The van der Waals surface area contributed by atoms with Gasteiger partial charge in [-0.25, -0.2) is 9.67 Å². The third-order valence-corrected chi connectivity index (χ3v) is 4.43. The molecule has 1 amide bonds. The fourth-order valence-corrected chi connectivity index (χ4v) is 3.12. The van der Waals surface area contributed by atoms with Crippen LogP contribution >= 0.6 is 0 Å². The molecule has 0 radical (unpaired) electrons. The topological polar surface area (TPSA) is 69.0 Å². The number of aromatic nitrogens is 3. The molecule has 6 heteroatoms. The molecule has 2 aromatic carbocycles. The molecule has 6 nitrogen and oxygen atoms in total. The number of aryl methyl sites for hydroxylation is 1. The molecule has 0 fully saturated rings. The van der Waals surface area contributed by atoms with Gasteiger partial charge in [0, 0.05) is 12.1 Å². The van der Waals surface area contributed by atoms with Gasteiger partial charge in [0.25, 0.3) is 5.91 Å². The van der Waals surface area contributed by atoms with Crippen molar-refractivity contribution in [1.82, 2.24) is 20.1 Å². The Hall–Kier alpha value is -3.15. The van der Waals surface area contributed by atoms with Gasteiger partial charge in [-0.05, 0) is 47.7 Å².